The maximum absolute atomic E-state index is 12.9. The van der Waals surface area contributed by atoms with E-state index in [0.717, 1.165) is 13.4 Å². The van der Waals surface area contributed by atoms with Crippen molar-refractivity contribution in [2.45, 2.75) is 87.5 Å². The summed E-state index contributed by atoms with van der Waals surface area (Å²) in [5.41, 5.74) is 0.726. The number of phenolic OH excluding ortho intramolecular Hbond substituents is 2. The number of aliphatic hydroxyl groups excluding tert-OH is 7. The number of hydrogen-bond donors (Lipinski definition) is 9. The summed E-state index contributed by atoms with van der Waals surface area (Å²) in [6.07, 6.45) is -16.1. The van der Waals surface area contributed by atoms with E-state index in [4.69, 9.17) is 33.2 Å². The third kappa shape index (κ3) is 8.67. The Morgan fingerprint density at radius 3 is 2.12 bits per heavy atom. The van der Waals surface area contributed by atoms with Crippen LogP contribution in [0.1, 0.15) is 18.9 Å². The lowest BCUT2D eigenvalue weighted by molar-refractivity contribution is -0.369. The van der Waals surface area contributed by atoms with E-state index in [1.807, 2.05) is 0 Å². The standard InChI is InChI=1S/C31H42O18/c1-3-14-15(9-21(36)44-7-6-13-4-5-17(34)18(35)8-13)16(28(42)43-2)12-45-29(14)49-31-26(41)27(23(38)20(11-33)47-31)48-30-25(40)24(39)22(37)19(10-32)46-30/h3-5,8,12,15,19-20,22-27,29-35,37-41H,6-7,9-11H2,1-2H3/t15-,19+,20+,22+,23+,24-,25+,26+,27-,29-,30-,31-/m0/s1. The molecule has 0 spiro atoms. The van der Waals surface area contributed by atoms with Gasteiger partial charge in [0.2, 0.25) is 6.29 Å². The number of carbonyl (C=O) groups excluding carboxylic acids is 2. The lowest BCUT2D eigenvalue weighted by Crippen LogP contribution is -2.65. The molecule has 9 N–H and O–H groups in total. The van der Waals surface area contributed by atoms with Crippen LogP contribution in [0, 0.1) is 5.92 Å². The maximum Gasteiger partial charge on any atom is 0.337 e. The van der Waals surface area contributed by atoms with E-state index >= 15 is 0 Å². The maximum atomic E-state index is 12.9. The van der Waals surface area contributed by atoms with Crippen LogP contribution in [0.15, 0.2) is 41.7 Å². The molecular formula is C31H42O18. The van der Waals surface area contributed by atoms with Gasteiger partial charge in [0, 0.05) is 17.9 Å². The summed E-state index contributed by atoms with van der Waals surface area (Å²) in [6, 6.07) is 4.16. The van der Waals surface area contributed by atoms with Crippen molar-refractivity contribution >= 4 is 11.9 Å². The van der Waals surface area contributed by atoms with Gasteiger partial charge < -0.3 is 79.1 Å². The molecule has 0 aliphatic carbocycles. The smallest absolute Gasteiger partial charge is 0.337 e. The number of benzene rings is 1. The Morgan fingerprint density at radius 1 is 0.857 bits per heavy atom. The highest BCUT2D eigenvalue weighted by Crippen LogP contribution is 2.37. The average Bonchev–Trinajstić information content (AvgIpc) is 3.09. The third-order valence-electron chi connectivity index (χ3n) is 8.41. The van der Waals surface area contributed by atoms with Crippen molar-refractivity contribution in [3.63, 3.8) is 0 Å². The number of rotatable bonds is 12. The molecule has 4 rings (SSSR count). The van der Waals surface area contributed by atoms with Gasteiger partial charge in [-0.2, -0.15) is 0 Å². The van der Waals surface area contributed by atoms with Gasteiger partial charge in [-0.05, 0) is 24.6 Å². The fourth-order valence-electron chi connectivity index (χ4n) is 5.64. The van der Waals surface area contributed by atoms with Gasteiger partial charge in [0.05, 0.1) is 45.2 Å². The van der Waals surface area contributed by atoms with Gasteiger partial charge in [-0.15, -0.1) is 0 Å². The summed E-state index contributed by atoms with van der Waals surface area (Å²) >= 11 is 0. The second-order valence-corrected chi connectivity index (χ2v) is 11.5. The quantitative estimate of drug-likeness (QED) is 0.0604. The van der Waals surface area contributed by atoms with Gasteiger partial charge in [0.1, 0.15) is 48.8 Å². The van der Waals surface area contributed by atoms with Gasteiger partial charge in [0.25, 0.3) is 0 Å². The van der Waals surface area contributed by atoms with Crippen molar-refractivity contribution in [3.05, 3.63) is 47.2 Å². The van der Waals surface area contributed by atoms with E-state index in [1.54, 1.807) is 13.0 Å². The first-order chi connectivity index (χ1) is 23.3. The van der Waals surface area contributed by atoms with Crippen LogP contribution in [-0.2, 0) is 49.2 Å². The molecule has 49 heavy (non-hydrogen) atoms. The molecule has 0 unspecified atom stereocenters. The summed E-state index contributed by atoms with van der Waals surface area (Å²) in [4.78, 5) is 25.6. The summed E-state index contributed by atoms with van der Waals surface area (Å²) in [5, 5.41) is 91.2. The second kappa shape index (κ2) is 17.0. The first-order valence-corrected chi connectivity index (χ1v) is 15.3. The van der Waals surface area contributed by atoms with Crippen molar-refractivity contribution in [2.24, 2.45) is 5.92 Å². The van der Waals surface area contributed by atoms with Crippen LogP contribution in [0.25, 0.3) is 0 Å². The summed E-state index contributed by atoms with van der Waals surface area (Å²) in [5.74, 6) is -3.19. The SMILES string of the molecule is CC=C1[C@H](O[C@@H]2O[C@H](CO)[C@@H](O)[C@H](O[C@@H]3O[C@H](CO)[C@@H](O)[C@H](O)[C@H]3O)[C@H]2O)OC=C(C(=O)OC)[C@H]1CC(=O)OCCc1ccc(O)c(O)c1. The Labute approximate surface area is 279 Å². The number of allylic oxidation sites excluding steroid dienone is 1. The Bertz CT molecular complexity index is 1350. The first-order valence-electron chi connectivity index (χ1n) is 15.3. The molecule has 12 atom stereocenters. The number of methoxy groups -OCH3 is 1. The highest BCUT2D eigenvalue weighted by Gasteiger charge is 2.52. The summed E-state index contributed by atoms with van der Waals surface area (Å²) < 4.78 is 38.2. The minimum Gasteiger partial charge on any atom is -0.504 e. The monoisotopic (exact) mass is 702 g/mol. The van der Waals surface area contributed by atoms with E-state index in [9.17, 15) is 55.5 Å². The number of hydrogen-bond acceptors (Lipinski definition) is 18. The topological polar surface area (TPSA) is 281 Å². The third-order valence-corrected chi connectivity index (χ3v) is 8.41. The lowest BCUT2D eigenvalue weighted by Gasteiger charge is -2.46. The van der Waals surface area contributed by atoms with Crippen LogP contribution in [0.5, 0.6) is 11.5 Å². The van der Waals surface area contributed by atoms with Crippen LogP contribution in [0.2, 0.25) is 0 Å². The minimum atomic E-state index is -1.88. The molecule has 2 saturated heterocycles. The number of carbonyl (C=O) groups is 2. The van der Waals surface area contributed by atoms with Crippen LogP contribution in [0.4, 0.5) is 0 Å². The van der Waals surface area contributed by atoms with E-state index in [2.05, 4.69) is 0 Å². The van der Waals surface area contributed by atoms with E-state index in [1.165, 1.54) is 18.2 Å². The van der Waals surface area contributed by atoms with E-state index in [0.29, 0.717) is 5.56 Å². The van der Waals surface area contributed by atoms with Gasteiger partial charge in [-0.1, -0.05) is 12.1 Å². The van der Waals surface area contributed by atoms with Crippen molar-refractivity contribution in [3.8, 4) is 11.5 Å². The average molecular weight is 703 g/mol. The zero-order chi connectivity index (χ0) is 36.0. The van der Waals surface area contributed by atoms with Gasteiger partial charge in [-0.3, -0.25) is 4.79 Å². The Hall–Kier alpha value is -3.40. The van der Waals surface area contributed by atoms with Crippen molar-refractivity contribution < 1.29 is 88.7 Å². The normalized spacial score (nSPS) is 35.7. The number of ether oxygens (including phenoxy) is 7. The Kier molecular flexibility index (Phi) is 13.3. The van der Waals surface area contributed by atoms with Crippen LogP contribution >= 0.6 is 0 Å². The molecular weight excluding hydrogens is 660 g/mol. The molecule has 1 aromatic carbocycles. The molecule has 3 heterocycles. The minimum absolute atomic E-state index is 0.0616. The van der Waals surface area contributed by atoms with Crippen molar-refractivity contribution in [1.82, 2.24) is 0 Å². The molecule has 3 aliphatic rings. The number of aromatic hydroxyl groups is 2. The predicted molar refractivity (Wildman–Crippen MR) is 159 cm³/mol. The van der Waals surface area contributed by atoms with Gasteiger partial charge in [-0.25, -0.2) is 4.79 Å². The fourth-order valence-corrected chi connectivity index (χ4v) is 5.64. The number of aliphatic hydroxyl groups is 7. The van der Waals surface area contributed by atoms with E-state index in [-0.39, 0.29) is 42.1 Å². The molecule has 274 valence electrons. The molecule has 1 aromatic rings. The van der Waals surface area contributed by atoms with Crippen LogP contribution in [-0.4, -0.2) is 153 Å². The first kappa shape index (κ1) is 38.4. The molecule has 18 nitrogen and oxygen atoms in total. The Morgan fingerprint density at radius 2 is 1.51 bits per heavy atom. The zero-order valence-corrected chi connectivity index (χ0v) is 26.5. The molecule has 3 aliphatic heterocycles. The Balaban J connectivity index is 1.48. The van der Waals surface area contributed by atoms with Gasteiger partial charge in [0.15, 0.2) is 24.1 Å². The number of esters is 2. The van der Waals surface area contributed by atoms with E-state index < -0.39 is 98.8 Å². The van der Waals surface area contributed by atoms with Gasteiger partial charge >= 0.3 is 11.9 Å². The molecule has 0 radical (unpaired) electrons. The van der Waals surface area contributed by atoms with Crippen molar-refractivity contribution in [1.29, 1.82) is 0 Å². The van der Waals surface area contributed by atoms with Crippen molar-refractivity contribution in [2.75, 3.05) is 26.9 Å². The van der Waals surface area contributed by atoms with Crippen LogP contribution < -0.4 is 0 Å². The molecule has 0 amide bonds. The summed E-state index contributed by atoms with van der Waals surface area (Å²) in [6.45, 7) is -0.0979. The molecule has 18 heteroatoms. The molecule has 0 saturated carbocycles. The summed E-state index contributed by atoms with van der Waals surface area (Å²) in [7, 11) is 1.13. The predicted octanol–water partition coefficient (Wildman–Crippen LogP) is -2.81. The highest BCUT2D eigenvalue weighted by molar-refractivity contribution is 5.90. The number of phenols is 2. The molecule has 0 aromatic heterocycles. The zero-order valence-electron chi connectivity index (χ0n) is 26.5. The molecule has 2 fully saturated rings. The largest absolute Gasteiger partial charge is 0.504 e. The second-order valence-electron chi connectivity index (χ2n) is 11.5. The highest BCUT2D eigenvalue weighted by atomic mass is 16.8. The fraction of sp³-hybridized carbons (Fsp3) is 0.613. The van der Waals surface area contributed by atoms with Crippen LogP contribution in [0.3, 0.4) is 0 Å². The lowest BCUT2D eigenvalue weighted by atomic mass is 9.86. The molecule has 0 bridgehead atoms.